The van der Waals surface area contributed by atoms with E-state index >= 15 is 0 Å². The van der Waals surface area contributed by atoms with E-state index in [-0.39, 0.29) is 11.4 Å². The van der Waals surface area contributed by atoms with Crippen LogP contribution in [0.4, 0.5) is 4.39 Å². The summed E-state index contributed by atoms with van der Waals surface area (Å²) in [5, 5.41) is 0. The molecule has 118 valence electrons. The average Bonchev–Trinajstić information content (AvgIpc) is 2.36. The summed E-state index contributed by atoms with van der Waals surface area (Å²) in [6, 6.07) is 6.88. The third-order valence-electron chi connectivity index (χ3n) is 4.94. The Balaban J connectivity index is 2.19. The third-order valence-corrected chi connectivity index (χ3v) is 4.94. The number of nitrogens with two attached hydrogens (primary N) is 1. The molecule has 0 spiro atoms. The van der Waals surface area contributed by atoms with Crippen LogP contribution in [0.3, 0.4) is 0 Å². The van der Waals surface area contributed by atoms with Crippen LogP contribution in [0.2, 0.25) is 0 Å². The molecule has 1 aliphatic carbocycles. The van der Waals surface area contributed by atoms with Crippen molar-refractivity contribution < 1.29 is 4.39 Å². The van der Waals surface area contributed by atoms with Crippen molar-refractivity contribution in [1.82, 2.24) is 4.90 Å². The predicted molar refractivity (Wildman–Crippen MR) is 86.4 cm³/mol. The van der Waals surface area contributed by atoms with Gasteiger partial charge in [0.1, 0.15) is 5.82 Å². The van der Waals surface area contributed by atoms with Crippen LogP contribution in [0.15, 0.2) is 24.3 Å². The molecule has 1 aromatic carbocycles. The van der Waals surface area contributed by atoms with Crippen molar-refractivity contribution in [2.45, 2.75) is 52.1 Å². The van der Waals surface area contributed by atoms with Crippen molar-refractivity contribution in [3.8, 4) is 0 Å². The second-order valence-electron chi connectivity index (χ2n) is 7.77. The molecule has 2 nitrogen and oxygen atoms in total. The number of rotatable bonds is 4. The highest BCUT2D eigenvalue weighted by Crippen LogP contribution is 2.46. The minimum atomic E-state index is -0.167. The second-order valence-corrected chi connectivity index (χ2v) is 7.77. The Kier molecular flexibility index (Phi) is 4.74. The maximum atomic E-state index is 13.4. The summed E-state index contributed by atoms with van der Waals surface area (Å²) < 4.78 is 13.4. The molecule has 0 amide bonds. The number of hydrogen-bond acceptors (Lipinski definition) is 2. The fraction of sp³-hybridized carbons (Fsp3) is 0.667. The van der Waals surface area contributed by atoms with Gasteiger partial charge in [-0.05, 0) is 55.3 Å². The highest BCUT2D eigenvalue weighted by atomic mass is 19.1. The fourth-order valence-electron chi connectivity index (χ4n) is 4.38. The third kappa shape index (κ3) is 3.83. The molecular formula is C18H29FN2. The van der Waals surface area contributed by atoms with Gasteiger partial charge in [0.15, 0.2) is 0 Å². The van der Waals surface area contributed by atoms with Gasteiger partial charge in [-0.15, -0.1) is 0 Å². The number of halogens is 1. The standard InChI is InChI=1S/C18H29FN2/c1-14-9-17(2,3)12-18(10-14,13-20)21(4)11-15-6-5-7-16(19)8-15/h5-8,14H,9-13,20H2,1-4H3. The lowest BCUT2D eigenvalue weighted by molar-refractivity contribution is -0.00117. The SMILES string of the molecule is CC1CC(C)(C)CC(CN)(N(C)Cc2cccc(F)c2)C1. The zero-order chi connectivity index (χ0) is 15.7. The molecule has 21 heavy (non-hydrogen) atoms. The van der Waals surface area contributed by atoms with Crippen molar-refractivity contribution in [2.75, 3.05) is 13.6 Å². The molecule has 2 rings (SSSR count). The molecular weight excluding hydrogens is 263 g/mol. The average molecular weight is 292 g/mol. The highest BCUT2D eigenvalue weighted by Gasteiger charge is 2.44. The monoisotopic (exact) mass is 292 g/mol. The lowest BCUT2D eigenvalue weighted by atomic mass is 9.63. The summed E-state index contributed by atoms with van der Waals surface area (Å²) in [5.41, 5.74) is 7.54. The van der Waals surface area contributed by atoms with Gasteiger partial charge in [-0.2, -0.15) is 0 Å². The summed E-state index contributed by atoms with van der Waals surface area (Å²) in [6.45, 7) is 8.40. The Morgan fingerprint density at radius 3 is 2.62 bits per heavy atom. The molecule has 1 aromatic rings. The van der Waals surface area contributed by atoms with Crippen molar-refractivity contribution in [3.05, 3.63) is 35.6 Å². The molecule has 2 atom stereocenters. The van der Waals surface area contributed by atoms with Gasteiger partial charge in [0.05, 0.1) is 0 Å². The molecule has 3 heteroatoms. The zero-order valence-electron chi connectivity index (χ0n) is 13.8. The minimum Gasteiger partial charge on any atom is -0.329 e. The fourth-order valence-corrected chi connectivity index (χ4v) is 4.38. The van der Waals surface area contributed by atoms with Gasteiger partial charge in [-0.25, -0.2) is 4.39 Å². The number of hydrogen-bond donors (Lipinski definition) is 1. The smallest absolute Gasteiger partial charge is 0.123 e. The summed E-state index contributed by atoms with van der Waals surface area (Å²) in [4.78, 5) is 2.35. The summed E-state index contributed by atoms with van der Waals surface area (Å²) in [6.07, 6.45) is 3.48. The van der Waals surface area contributed by atoms with Crippen LogP contribution in [0.5, 0.6) is 0 Å². The molecule has 0 heterocycles. The second kappa shape index (κ2) is 6.05. The van der Waals surface area contributed by atoms with Gasteiger partial charge in [0, 0.05) is 18.6 Å². The van der Waals surface area contributed by atoms with Crippen LogP contribution in [-0.2, 0) is 6.54 Å². The van der Waals surface area contributed by atoms with Crippen molar-refractivity contribution in [2.24, 2.45) is 17.1 Å². The predicted octanol–water partition coefficient (Wildman–Crippen LogP) is 3.80. The van der Waals surface area contributed by atoms with E-state index in [2.05, 4.69) is 32.7 Å². The lowest BCUT2D eigenvalue weighted by Crippen LogP contribution is -2.57. The van der Waals surface area contributed by atoms with E-state index in [0.29, 0.717) is 17.9 Å². The summed E-state index contributed by atoms with van der Waals surface area (Å²) >= 11 is 0. The van der Waals surface area contributed by atoms with Crippen LogP contribution in [0, 0.1) is 17.2 Å². The minimum absolute atomic E-state index is 0.0213. The molecule has 1 fully saturated rings. The molecule has 0 saturated heterocycles. The quantitative estimate of drug-likeness (QED) is 0.914. The Labute approximate surface area is 128 Å². The Morgan fingerprint density at radius 1 is 1.33 bits per heavy atom. The van der Waals surface area contributed by atoms with Gasteiger partial charge >= 0.3 is 0 Å². The van der Waals surface area contributed by atoms with Crippen molar-refractivity contribution >= 4 is 0 Å². The van der Waals surface area contributed by atoms with E-state index in [1.54, 1.807) is 12.1 Å². The van der Waals surface area contributed by atoms with E-state index in [9.17, 15) is 4.39 Å². The van der Waals surface area contributed by atoms with Crippen molar-refractivity contribution in [1.29, 1.82) is 0 Å². The van der Waals surface area contributed by atoms with Crippen molar-refractivity contribution in [3.63, 3.8) is 0 Å². The first kappa shape index (κ1) is 16.4. The van der Waals surface area contributed by atoms with E-state index in [0.717, 1.165) is 24.9 Å². The number of likely N-dealkylation sites (N-methyl/N-ethyl adjacent to an activating group) is 1. The molecule has 0 aromatic heterocycles. The Morgan fingerprint density at radius 2 is 2.05 bits per heavy atom. The number of benzene rings is 1. The van der Waals surface area contributed by atoms with E-state index in [4.69, 9.17) is 5.73 Å². The van der Waals surface area contributed by atoms with Gasteiger partial charge in [-0.3, -0.25) is 4.90 Å². The molecule has 1 aliphatic rings. The van der Waals surface area contributed by atoms with Crippen LogP contribution < -0.4 is 5.73 Å². The first-order valence-electron chi connectivity index (χ1n) is 7.92. The van der Waals surface area contributed by atoms with Crippen LogP contribution >= 0.6 is 0 Å². The van der Waals surface area contributed by atoms with E-state index in [1.165, 1.54) is 12.5 Å². The summed E-state index contributed by atoms with van der Waals surface area (Å²) in [5.74, 6) is 0.507. The van der Waals surface area contributed by atoms with E-state index < -0.39 is 0 Å². The Bertz CT molecular complexity index is 486. The zero-order valence-corrected chi connectivity index (χ0v) is 13.8. The van der Waals surface area contributed by atoms with Gasteiger partial charge in [0.2, 0.25) is 0 Å². The lowest BCUT2D eigenvalue weighted by Gasteiger charge is -2.52. The van der Waals surface area contributed by atoms with E-state index in [1.807, 2.05) is 6.07 Å². The number of nitrogens with zero attached hydrogens (tertiary/aromatic N) is 1. The summed E-state index contributed by atoms with van der Waals surface area (Å²) in [7, 11) is 2.13. The topological polar surface area (TPSA) is 29.3 Å². The van der Waals surface area contributed by atoms with Gasteiger partial charge in [0.25, 0.3) is 0 Å². The molecule has 2 N–H and O–H groups in total. The largest absolute Gasteiger partial charge is 0.329 e. The van der Waals surface area contributed by atoms with Crippen LogP contribution in [0.25, 0.3) is 0 Å². The normalized spacial score (nSPS) is 28.8. The van der Waals surface area contributed by atoms with Gasteiger partial charge < -0.3 is 5.73 Å². The molecule has 0 aliphatic heterocycles. The van der Waals surface area contributed by atoms with Crippen LogP contribution in [0.1, 0.15) is 45.6 Å². The molecule has 2 unspecified atom stereocenters. The Hall–Kier alpha value is -0.930. The van der Waals surface area contributed by atoms with Gasteiger partial charge in [-0.1, -0.05) is 32.9 Å². The highest BCUT2D eigenvalue weighted by molar-refractivity contribution is 5.17. The first-order valence-corrected chi connectivity index (χ1v) is 7.92. The molecule has 1 saturated carbocycles. The first-order chi connectivity index (χ1) is 9.76. The maximum Gasteiger partial charge on any atom is 0.123 e. The van der Waals surface area contributed by atoms with Crippen LogP contribution in [-0.4, -0.2) is 24.0 Å². The molecule has 0 bridgehead atoms. The maximum absolute atomic E-state index is 13.4. The molecule has 0 radical (unpaired) electrons.